The average Bonchev–Trinajstić information content (AvgIpc) is 2.39. The zero-order valence-corrected chi connectivity index (χ0v) is 10.5. The number of benzene rings is 2. The Morgan fingerprint density at radius 1 is 1.00 bits per heavy atom. The summed E-state index contributed by atoms with van der Waals surface area (Å²) >= 11 is 0. The maximum absolute atomic E-state index is 12.1. The van der Waals surface area contributed by atoms with Crippen LogP contribution in [0.4, 0.5) is 11.4 Å². The maximum atomic E-state index is 12.1. The lowest BCUT2D eigenvalue weighted by Crippen LogP contribution is -2.16. The topological polar surface area (TPSA) is 72.2 Å². The van der Waals surface area contributed by atoms with Crippen LogP contribution < -0.4 is 11.1 Å². The molecule has 0 spiro atoms. The molecule has 2 rings (SSSR count). The molecule has 1 amide bonds. The van der Waals surface area contributed by atoms with Crippen molar-refractivity contribution < 1.29 is 9.59 Å². The highest BCUT2D eigenvalue weighted by Gasteiger charge is 2.14. The minimum Gasteiger partial charge on any atom is -0.399 e. The quantitative estimate of drug-likeness (QED) is 0.653. The van der Waals surface area contributed by atoms with E-state index in [9.17, 15) is 9.59 Å². The fraction of sp³-hybridized carbons (Fsp3) is 0.0667. The van der Waals surface area contributed by atoms with Gasteiger partial charge in [-0.25, -0.2) is 0 Å². The van der Waals surface area contributed by atoms with Gasteiger partial charge in [-0.1, -0.05) is 18.2 Å². The molecule has 0 heterocycles. The van der Waals surface area contributed by atoms with Gasteiger partial charge in [0.15, 0.2) is 5.78 Å². The summed E-state index contributed by atoms with van der Waals surface area (Å²) in [5.74, 6) is -0.512. The number of anilines is 2. The molecule has 0 atom stereocenters. The molecular formula is C15H14N2O2. The van der Waals surface area contributed by atoms with Crippen molar-refractivity contribution in [1.82, 2.24) is 0 Å². The van der Waals surface area contributed by atoms with E-state index in [1.165, 1.54) is 13.0 Å². The standard InChI is InChI=1S/C15H14N2O2/c1-10(18)14-9-11(16)7-8-13(14)15(19)17-12-5-3-2-4-6-12/h2-9H,16H2,1H3,(H,17,19). The minimum atomic E-state index is -0.323. The molecule has 4 nitrogen and oxygen atoms in total. The van der Waals surface area contributed by atoms with E-state index in [1.807, 2.05) is 18.2 Å². The van der Waals surface area contributed by atoms with Gasteiger partial charge >= 0.3 is 0 Å². The van der Waals surface area contributed by atoms with Crippen LogP contribution in [0.15, 0.2) is 48.5 Å². The summed E-state index contributed by atoms with van der Waals surface area (Å²) in [6.45, 7) is 1.41. The van der Waals surface area contributed by atoms with Crippen LogP contribution in [0.1, 0.15) is 27.6 Å². The van der Waals surface area contributed by atoms with Gasteiger partial charge in [0.2, 0.25) is 0 Å². The van der Waals surface area contributed by atoms with Crippen LogP contribution in [0.25, 0.3) is 0 Å². The van der Waals surface area contributed by atoms with Crippen molar-refractivity contribution in [1.29, 1.82) is 0 Å². The fourth-order valence-electron chi connectivity index (χ4n) is 1.77. The second-order valence-corrected chi connectivity index (χ2v) is 4.18. The largest absolute Gasteiger partial charge is 0.399 e. The Bertz CT molecular complexity index is 621. The van der Waals surface area contributed by atoms with Crippen LogP contribution in [0.5, 0.6) is 0 Å². The van der Waals surface area contributed by atoms with E-state index in [2.05, 4.69) is 5.32 Å². The lowest BCUT2D eigenvalue weighted by atomic mass is 10.0. The zero-order valence-electron chi connectivity index (χ0n) is 10.5. The Hall–Kier alpha value is -2.62. The van der Waals surface area contributed by atoms with Gasteiger partial charge in [0.05, 0.1) is 5.56 Å². The summed E-state index contributed by atoms with van der Waals surface area (Å²) in [6.07, 6.45) is 0. The summed E-state index contributed by atoms with van der Waals surface area (Å²) in [4.78, 5) is 23.7. The van der Waals surface area contributed by atoms with Gasteiger partial charge in [0.25, 0.3) is 5.91 Å². The third kappa shape index (κ3) is 2.98. The van der Waals surface area contributed by atoms with Gasteiger partial charge < -0.3 is 11.1 Å². The summed E-state index contributed by atoms with van der Waals surface area (Å²) in [7, 11) is 0. The lowest BCUT2D eigenvalue weighted by Gasteiger charge is -2.09. The molecule has 0 aliphatic carbocycles. The molecule has 0 aromatic heterocycles. The van der Waals surface area contributed by atoms with Gasteiger partial charge in [-0.2, -0.15) is 0 Å². The third-order valence-electron chi connectivity index (χ3n) is 2.70. The first kappa shape index (κ1) is 12.8. The van der Waals surface area contributed by atoms with Crippen LogP contribution >= 0.6 is 0 Å². The first-order chi connectivity index (χ1) is 9.08. The van der Waals surface area contributed by atoms with Crippen LogP contribution in [0, 0.1) is 0 Å². The Morgan fingerprint density at radius 2 is 1.68 bits per heavy atom. The van der Waals surface area contributed by atoms with Crippen molar-refractivity contribution in [2.45, 2.75) is 6.92 Å². The predicted molar refractivity (Wildman–Crippen MR) is 75.3 cm³/mol. The van der Waals surface area contributed by atoms with Crippen molar-refractivity contribution in [3.63, 3.8) is 0 Å². The number of carbonyl (C=O) groups is 2. The highest BCUT2D eigenvalue weighted by molar-refractivity contribution is 6.12. The number of nitrogens with two attached hydrogens (primary N) is 1. The summed E-state index contributed by atoms with van der Waals surface area (Å²) in [5.41, 5.74) is 7.43. The van der Waals surface area contributed by atoms with E-state index in [4.69, 9.17) is 5.73 Å². The molecule has 96 valence electrons. The van der Waals surface area contributed by atoms with Crippen LogP contribution in [0.2, 0.25) is 0 Å². The van der Waals surface area contributed by atoms with Crippen LogP contribution in [-0.2, 0) is 0 Å². The van der Waals surface area contributed by atoms with Crippen LogP contribution in [-0.4, -0.2) is 11.7 Å². The number of ketones is 1. The Labute approximate surface area is 111 Å². The molecule has 4 heteroatoms. The average molecular weight is 254 g/mol. The molecule has 19 heavy (non-hydrogen) atoms. The van der Waals surface area contributed by atoms with E-state index >= 15 is 0 Å². The molecule has 0 unspecified atom stereocenters. The number of para-hydroxylation sites is 1. The van der Waals surface area contributed by atoms with Crippen molar-refractivity contribution >= 4 is 23.1 Å². The molecule has 0 bridgehead atoms. The summed E-state index contributed by atoms with van der Waals surface area (Å²) in [6, 6.07) is 13.7. The molecule has 0 fully saturated rings. The van der Waals surface area contributed by atoms with Crippen LogP contribution in [0.3, 0.4) is 0 Å². The van der Waals surface area contributed by atoms with Crippen molar-refractivity contribution in [3.05, 3.63) is 59.7 Å². The van der Waals surface area contributed by atoms with E-state index in [-0.39, 0.29) is 11.7 Å². The normalized spacial score (nSPS) is 9.95. The summed E-state index contributed by atoms with van der Waals surface area (Å²) < 4.78 is 0. The monoisotopic (exact) mass is 254 g/mol. The smallest absolute Gasteiger partial charge is 0.256 e. The number of nitrogens with one attached hydrogen (secondary N) is 1. The first-order valence-corrected chi connectivity index (χ1v) is 5.85. The van der Waals surface area contributed by atoms with E-state index in [1.54, 1.807) is 24.3 Å². The molecule has 2 aromatic carbocycles. The molecule has 0 aliphatic heterocycles. The molecule has 0 saturated carbocycles. The molecule has 2 aromatic rings. The number of rotatable bonds is 3. The van der Waals surface area contributed by atoms with Gasteiger partial charge in [0.1, 0.15) is 0 Å². The number of hydrogen-bond donors (Lipinski definition) is 2. The Kier molecular flexibility index (Phi) is 3.61. The van der Waals surface area contributed by atoms with Crippen molar-refractivity contribution in [2.24, 2.45) is 0 Å². The third-order valence-corrected chi connectivity index (χ3v) is 2.70. The maximum Gasteiger partial charge on any atom is 0.256 e. The lowest BCUT2D eigenvalue weighted by molar-refractivity contribution is 0.0985. The molecule has 0 radical (unpaired) electrons. The van der Waals surface area contributed by atoms with Crippen molar-refractivity contribution in [2.75, 3.05) is 11.1 Å². The SMILES string of the molecule is CC(=O)c1cc(N)ccc1C(=O)Nc1ccccc1. The Balaban J connectivity index is 2.31. The molecule has 0 aliphatic rings. The fourth-order valence-corrected chi connectivity index (χ4v) is 1.77. The second-order valence-electron chi connectivity index (χ2n) is 4.18. The van der Waals surface area contributed by atoms with Gasteiger partial charge in [-0.15, -0.1) is 0 Å². The van der Waals surface area contributed by atoms with Crippen molar-refractivity contribution in [3.8, 4) is 0 Å². The predicted octanol–water partition coefficient (Wildman–Crippen LogP) is 2.72. The van der Waals surface area contributed by atoms with E-state index in [0.29, 0.717) is 22.5 Å². The number of hydrogen-bond acceptors (Lipinski definition) is 3. The number of nitrogen functional groups attached to an aromatic ring is 1. The Morgan fingerprint density at radius 3 is 2.32 bits per heavy atom. The van der Waals surface area contributed by atoms with Gasteiger partial charge in [0, 0.05) is 16.9 Å². The highest BCUT2D eigenvalue weighted by Crippen LogP contribution is 2.16. The summed E-state index contributed by atoms with van der Waals surface area (Å²) in [5, 5.41) is 2.74. The first-order valence-electron chi connectivity index (χ1n) is 5.85. The number of amides is 1. The molecular weight excluding hydrogens is 240 g/mol. The van der Waals surface area contributed by atoms with E-state index < -0.39 is 0 Å². The van der Waals surface area contributed by atoms with Gasteiger partial charge in [-0.3, -0.25) is 9.59 Å². The highest BCUT2D eigenvalue weighted by atomic mass is 16.2. The second kappa shape index (κ2) is 5.35. The molecule has 0 saturated heterocycles. The molecule has 3 N–H and O–H groups in total. The zero-order chi connectivity index (χ0) is 13.8. The number of carbonyl (C=O) groups excluding carboxylic acids is 2. The van der Waals surface area contributed by atoms with E-state index in [0.717, 1.165) is 0 Å². The minimum absolute atomic E-state index is 0.189. The van der Waals surface area contributed by atoms with Gasteiger partial charge in [-0.05, 0) is 37.3 Å². The number of Topliss-reactive ketones (excluding diaryl/α,β-unsaturated/α-hetero) is 1.